The van der Waals surface area contributed by atoms with E-state index < -0.39 is 0 Å². The summed E-state index contributed by atoms with van der Waals surface area (Å²) in [5.74, 6) is 2.74. The molecule has 0 amide bonds. The van der Waals surface area contributed by atoms with Crippen molar-refractivity contribution < 1.29 is 0 Å². The fraction of sp³-hybridized carbons (Fsp3) is 0.769. The quantitative estimate of drug-likeness (QED) is 0.414. The fourth-order valence-electron chi connectivity index (χ4n) is 2.71. The second-order valence-corrected chi connectivity index (χ2v) is 4.54. The molecule has 0 heterocycles. The van der Waals surface area contributed by atoms with Gasteiger partial charge < -0.3 is 0 Å². The van der Waals surface area contributed by atoms with Gasteiger partial charge in [0.25, 0.3) is 0 Å². The Labute approximate surface area is 82.4 Å². The van der Waals surface area contributed by atoms with Crippen LogP contribution >= 0.6 is 0 Å². The van der Waals surface area contributed by atoms with Gasteiger partial charge in [0, 0.05) is 0 Å². The maximum atomic E-state index is 2.48. The Morgan fingerprint density at radius 3 is 2.31 bits per heavy atom. The molecule has 2 aliphatic carbocycles. The van der Waals surface area contributed by atoms with Crippen molar-refractivity contribution in [2.45, 2.75) is 57.8 Å². The van der Waals surface area contributed by atoms with E-state index in [0.717, 1.165) is 5.92 Å². The largest absolute Gasteiger partial charge is 0.0882 e. The Bertz CT molecular complexity index is 161. The molecule has 0 spiro atoms. The third-order valence-electron chi connectivity index (χ3n) is 3.52. The van der Waals surface area contributed by atoms with E-state index in [9.17, 15) is 0 Å². The van der Waals surface area contributed by atoms with E-state index in [0.29, 0.717) is 0 Å². The Hall–Kier alpha value is -0.260. The van der Waals surface area contributed by atoms with E-state index in [-0.39, 0.29) is 0 Å². The van der Waals surface area contributed by atoms with Gasteiger partial charge in [-0.15, -0.1) is 0 Å². The van der Waals surface area contributed by atoms with E-state index in [4.69, 9.17) is 0 Å². The number of hydrogen-bond donors (Lipinski definition) is 0. The predicted octanol–water partition coefficient (Wildman–Crippen LogP) is 4.27. The zero-order valence-electron chi connectivity index (χ0n) is 8.60. The Balaban J connectivity index is 1.89. The van der Waals surface area contributed by atoms with Crippen LogP contribution in [0.3, 0.4) is 0 Å². The van der Waals surface area contributed by atoms with E-state index >= 15 is 0 Å². The van der Waals surface area contributed by atoms with Gasteiger partial charge in [-0.25, -0.2) is 0 Å². The molecule has 0 N–H and O–H groups in total. The lowest BCUT2D eigenvalue weighted by Gasteiger charge is -2.24. The first-order valence-corrected chi connectivity index (χ1v) is 5.98. The zero-order chi connectivity index (χ0) is 8.93. The SMILES string of the molecule is C1=CC([C]2CCCCCC2)CCC1. The van der Waals surface area contributed by atoms with E-state index in [1.54, 1.807) is 0 Å². The summed E-state index contributed by atoms with van der Waals surface area (Å²) in [7, 11) is 0. The first-order valence-electron chi connectivity index (χ1n) is 5.98. The van der Waals surface area contributed by atoms with E-state index in [2.05, 4.69) is 12.2 Å². The van der Waals surface area contributed by atoms with Crippen molar-refractivity contribution >= 4 is 0 Å². The van der Waals surface area contributed by atoms with Gasteiger partial charge in [-0.3, -0.25) is 0 Å². The van der Waals surface area contributed by atoms with Gasteiger partial charge in [0.2, 0.25) is 0 Å². The molecule has 0 bridgehead atoms. The summed E-state index contributed by atoms with van der Waals surface area (Å²) in [6.07, 6.45) is 17.8. The molecule has 1 fully saturated rings. The normalized spacial score (nSPS) is 31.5. The predicted molar refractivity (Wildman–Crippen MR) is 57.4 cm³/mol. The molecule has 0 aromatic rings. The Kier molecular flexibility index (Phi) is 3.46. The Morgan fingerprint density at radius 2 is 1.69 bits per heavy atom. The molecule has 0 aliphatic heterocycles. The zero-order valence-corrected chi connectivity index (χ0v) is 8.60. The first kappa shape index (κ1) is 9.30. The molecule has 0 aromatic carbocycles. The highest BCUT2D eigenvalue weighted by Gasteiger charge is 2.21. The summed E-state index contributed by atoms with van der Waals surface area (Å²) in [5, 5.41) is 0. The minimum absolute atomic E-state index is 0.867. The van der Waals surface area contributed by atoms with Crippen LogP contribution in [0.15, 0.2) is 12.2 Å². The number of rotatable bonds is 1. The maximum absolute atomic E-state index is 2.48. The van der Waals surface area contributed by atoms with Crippen LogP contribution in [0.25, 0.3) is 0 Å². The first-order chi connectivity index (χ1) is 6.47. The van der Waals surface area contributed by atoms with Crippen LogP contribution in [0.1, 0.15) is 57.8 Å². The molecule has 2 rings (SSSR count). The molecule has 1 radical (unpaired) electrons. The summed E-state index contributed by atoms with van der Waals surface area (Å²) < 4.78 is 0. The lowest BCUT2D eigenvalue weighted by molar-refractivity contribution is 0.497. The molecular weight excluding hydrogens is 156 g/mol. The highest BCUT2D eigenvalue weighted by Crippen LogP contribution is 2.35. The molecule has 0 saturated heterocycles. The van der Waals surface area contributed by atoms with E-state index in [1.165, 1.54) is 57.8 Å². The monoisotopic (exact) mass is 177 g/mol. The number of allylic oxidation sites excluding steroid dienone is 2. The average Bonchev–Trinajstić information content (AvgIpc) is 2.47. The smallest absolute Gasteiger partial charge is 0.0171 e. The van der Waals surface area contributed by atoms with Crippen LogP contribution in [0, 0.1) is 11.8 Å². The molecule has 1 atom stereocenters. The third-order valence-corrected chi connectivity index (χ3v) is 3.52. The molecule has 13 heavy (non-hydrogen) atoms. The Morgan fingerprint density at radius 1 is 0.923 bits per heavy atom. The summed E-state index contributed by atoms with van der Waals surface area (Å²) >= 11 is 0. The van der Waals surface area contributed by atoms with Crippen LogP contribution in [-0.4, -0.2) is 0 Å². The second kappa shape index (κ2) is 4.83. The van der Waals surface area contributed by atoms with Crippen LogP contribution in [0.4, 0.5) is 0 Å². The summed E-state index contributed by atoms with van der Waals surface area (Å²) in [6.45, 7) is 0. The lowest BCUT2D eigenvalue weighted by Crippen LogP contribution is -2.11. The topological polar surface area (TPSA) is 0 Å². The van der Waals surface area contributed by atoms with Gasteiger partial charge in [0.15, 0.2) is 0 Å². The van der Waals surface area contributed by atoms with Crippen molar-refractivity contribution in [3.8, 4) is 0 Å². The minimum Gasteiger partial charge on any atom is -0.0882 e. The summed E-state index contributed by atoms with van der Waals surface area (Å²) in [5.41, 5.74) is 0. The molecular formula is C13H21. The molecule has 0 nitrogen and oxygen atoms in total. The highest BCUT2D eigenvalue weighted by molar-refractivity contribution is 5.08. The van der Waals surface area contributed by atoms with Crippen LogP contribution in [0.2, 0.25) is 0 Å². The van der Waals surface area contributed by atoms with Crippen molar-refractivity contribution in [2.75, 3.05) is 0 Å². The summed E-state index contributed by atoms with van der Waals surface area (Å²) in [6, 6.07) is 0. The van der Waals surface area contributed by atoms with Gasteiger partial charge in [-0.05, 0) is 43.9 Å². The standard InChI is InChI=1S/C13H21/c1-2-5-9-12(8-4-1)13-10-6-3-7-11-13/h6,10,13H,1-5,7-9,11H2. The van der Waals surface area contributed by atoms with Gasteiger partial charge >= 0.3 is 0 Å². The molecule has 2 aliphatic rings. The van der Waals surface area contributed by atoms with Crippen molar-refractivity contribution in [1.29, 1.82) is 0 Å². The third kappa shape index (κ3) is 2.59. The van der Waals surface area contributed by atoms with E-state index in [1.807, 2.05) is 5.92 Å². The lowest BCUT2D eigenvalue weighted by atomic mass is 9.80. The fourth-order valence-corrected chi connectivity index (χ4v) is 2.71. The van der Waals surface area contributed by atoms with Crippen LogP contribution in [-0.2, 0) is 0 Å². The van der Waals surface area contributed by atoms with Gasteiger partial charge in [0.1, 0.15) is 0 Å². The minimum atomic E-state index is 0.867. The van der Waals surface area contributed by atoms with Crippen molar-refractivity contribution in [3.05, 3.63) is 18.1 Å². The average molecular weight is 177 g/mol. The van der Waals surface area contributed by atoms with Crippen molar-refractivity contribution in [1.82, 2.24) is 0 Å². The summed E-state index contributed by atoms with van der Waals surface area (Å²) in [4.78, 5) is 0. The molecule has 1 saturated carbocycles. The second-order valence-electron chi connectivity index (χ2n) is 4.54. The molecule has 73 valence electrons. The van der Waals surface area contributed by atoms with Crippen LogP contribution in [0.5, 0.6) is 0 Å². The number of hydrogen-bond acceptors (Lipinski definition) is 0. The van der Waals surface area contributed by atoms with Gasteiger partial charge in [-0.1, -0.05) is 37.8 Å². The van der Waals surface area contributed by atoms with Crippen LogP contribution < -0.4 is 0 Å². The van der Waals surface area contributed by atoms with Crippen molar-refractivity contribution in [2.24, 2.45) is 5.92 Å². The molecule has 1 unspecified atom stereocenters. The molecule has 0 aromatic heterocycles. The highest BCUT2D eigenvalue weighted by atomic mass is 14.3. The van der Waals surface area contributed by atoms with Crippen molar-refractivity contribution in [3.63, 3.8) is 0 Å². The molecule has 0 heteroatoms. The maximum Gasteiger partial charge on any atom is -0.0171 e. The van der Waals surface area contributed by atoms with Gasteiger partial charge in [0.05, 0.1) is 0 Å². The van der Waals surface area contributed by atoms with Gasteiger partial charge in [-0.2, -0.15) is 0 Å².